The summed E-state index contributed by atoms with van der Waals surface area (Å²) >= 11 is 5.73. The van der Waals surface area contributed by atoms with Gasteiger partial charge < -0.3 is 10.4 Å². The summed E-state index contributed by atoms with van der Waals surface area (Å²) in [6, 6.07) is 15.7. The highest BCUT2D eigenvalue weighted by Gasteiger charge is 2.08. The Bertz CT molecular complexity index is 804. The van der Waals surface area contributed by atoms with Gasteiger partial charge in [0.1, 0.15) is 11.6 Å². The fourth-order valence-corrected chi connectivity index (χ4v) is 2.49. The van der Waals surface area contributed by atoms with Crippen LogP contribution in [0.3, 0.4) is 0 Å². The maximum Gasteiger partial charge on any atom is 0.147 e. The highest BCUT2D eigenvalue weighted by atomic mass is 35.5. The Morgan fingerprint density at radius 2 is 1.86 bits per heavy atom. The van der Waals surface area contributed by atoms with E-state index in [1.165, 1.54) is 6.07 Å². The standard InChI is InChI=1S/C17H13ClFNO/c18-12-6-7-16(15(19)9-12)20-10-14-13-4-2-1-3-11(13)5-8-17(14)21/h1-9,20-21H,10H2. The minimum absolute atomic E-state index is 0.190. The van der Waals surface area contributed by atoms with E-state index >= 15 is 0 Å². The van der Waals surface area contributed by atoms with Crippen LogP contribution in [0.2, 0.25) is 5.02 Å². The Kier molecular flexibility index (Phi) is 3.67. The number of nitrogens with one attached hydrogen (secondary N) is 1. The number of fused-ring (bicyclic) bond motifs is 1. The Hall–Kier alpha value is -2.26. The highest BCUT2D eigenvalue weighted by Crippen LogP contribution is 2.28. The summed E-state index contributed by atoms with van der Waals surface area (Å²) in [6.45, 7) is 0.325. The number of rotatable bonds is 3. The number of hydrogen-bond donors (Lipinski definition) is 2. The maximum absolute atomic E-state index is 13.8. The molecule has 0 spiro atoms. The average molecular weight is 302 g/mol. The van der Waals surface area contributed by atoms with Crippen LogP contribution in [0.5, 0.6) is 5.75 Å². The number of anilines is 1. The second-order valence-corrected chi connectivity index (χ2v) is 5.20. The lowest BCUT2D eigenvalue weighted by Gasteiger charge is -2.12. The van der Waals surface area contributed by atoms with Crippen LogP contribution in [0.25, 0.3) is 10.8 Å². The highest BCUT2D eigenvalue weighted by molar-refractivity contribution is 6.30. The Morgan fingerprint density at radius 1 is 1.05 bits per heavy atom. The van der Waals surface area contributed by atoms with Gasteiger partial charge in [0.05, 0.1) is 5.69 Å². The van der Waals surface area contributed by atoms with E-state index in [1.54, 1.807) is 18.2 Å². The Labute approximate surface area is 126 Å². The third-order valence-electron chi connectivity index (χ3n) is 3.40. The first-order chi connectivity index (χ1) is 10.1. The quantitative estimate of drug-likeness (QED) is 0.717. The van der Waals surface area contributed by atoms with Crippen molar-refractivity contribution in [1.82, 2.24) is 0 Å². The Morgan fingerprint density at radius 3 is 2.67 bits per heavy atom. The number of phenolic OH excluding ortho intramolecular Hbond substituents is 1. The van der Waals surface area contributed by atoms with Crippen molar-refractivity contribution in [2.45, 2.75) is 6.54 Å². The lowest BCUT2D eigenvalue weighted by Crippen LogP contribution is -2.02. The Balaban J connectivity index is 1.93. The first kappa shape index (κ1) is 13.7. The number of phenols is 1. The number of benzene rings is 3. The summed E-state index contributed by atoms with van der Waals surface area (Å²) in [6.07, 6.45) is 0. The molecule has 0 saturated carbocycles. The summed E-state index contributed by atoms with van der Waals surface area (Å²) in [7, 11) is 0. The molecule has 0 fully saturated rings. The first-order valence-electron chi connectivity index (χ1n) is 6.53. The van der Waals surface area contributed by atoms with Gasteiger partial charge in [0.15, 0.2) is 0 Å². The molecule has 0 aliphatic heterocycles. The van der Waals surface area contributed by atoms with E-state index in [0.29, 0.717) is 17.3 Å². The molecule has 0 aliphatic carbocycles. The predicted molar refractivity (Wildman–Crippen MR) is 84.3 cm³/mol. The van der Waals surface area contributed by atoms with Crippen molar-refractivity contribution in [2.24, 2.45) is 0 Å². The van der Waals surface area contributed by atoms with Crippen molar-refractivity contribution in [1.29, 1.82) is 0 Å². The lowest BCUT2D eigenvalue weighted by molar-refractivity contribution is 0.470. The third-order valence-corrected chi connectivity index (χ3v) is 3.64. The number of halogens is 2. The molecule has 0 heterocycles. The van der Waals surface area contributed by atoms with Crippen molar-refractivity contribution in [3.8, 4) is 5.75 Å². The minimum Gasteiger partial charge on any atom is -0.508 e. The van der Waals surface area contributed by atoms with Crippen LogP contribution in [-0.4, -0.2) is 5.11 Å². The average Bonchev–Trinajstić information content (AvgIpc) is 2.48. The summed E-state index contributed by atoms with van der Waals surface area (Å²) in [5.74, 6) is -0.224. The van der Waals surface area contributed by atoms with Crippen LogP contribution in [0.1, 0.15) is 5.56 Å². The van der Waals surface area contributed by atoms with Gasteiger partial charge in [-0.25, -0.2) is 4.39 Å². The molecule has 0 aliphatic rings. The first-order valence-corrected chi connectivity index (χ1v) is 6.91. The molecule has 0 saturated heterocycles. The molecule has 3 aromatic carbocycles. The van der Waals surface area contributed by atoms with Crippen LogP contribution >= 0.6 is 11.6 Å². The number of aromatic hydroxyl groups is 1. The van der Waals surface area contributed by atoms with E-state index < -0.39 is 5.82 Å². The second-order valence-electron chi connectivity index (χ2n) is 4.76. The SMILES string of the molecule is Oc1ccc2ccccc2c1CNc1ccc(Cl)cc1F. The van der Waals surface area contributed by atoms with Gasteiger partial charge in [0.2, 0.25) is 0 Å². The zero-order valence-electron chi connectivity index (χ0n) is 11.1. The van der Waals surface area contributed by atoms with Gasteiger partial charge in [-0.05, 0) is 35.0 Å². The molecule has 0 amide bonds. The van der Waals surface area contributed by atoms with Crippen LogP contribution in [0.15, 0.2) is 54.6 Å². The summed E-state index contributed by atoms with van der Waals surface area (Å²) in [5, 5.41) is 15.4. The van der Waals surface area contributed by atoms with Gasteiger partial charge >= 0.3 is 0 Å². The maximum atomic E-state index is 13.8. The van der Waals surface area contributed by atoms with Gasteiger partial charge in [-0.2, -0.15) is 0 Å². The number of hydrogen-bond acceptors (Lipinski definition) is 2. The van der Waals surface area contributed by atoms with E-state index in [1.807, 2.05) is 30.3 Å². The summed E-state index contributed by atoms with van der Waals surface area (Å²) in [5.41, 5.74) is 1.09. The molecule has 0 atom stereocenters. The van der Waals surface area contributed by atoms with E-state index in [2.05, 4.69) is 5.32 Å². The predicted octanol–water partition coefficient (Wildman–Crippen LogP) is 4.95. The van der Waals surface area contributed by atoms with Crippen molar-refractivity contribution in [3.05, 3.63) is 71.0 Å². The van der Waals surface area contributed by atoms with Crippen molar-refractivity contribution < 1.29 is 9.50 Å². The zero-order valence-corrected chi connectivity index (χ0v) is 11.9. The molecule has 0 aromatic heterocycles. The topological polar surface area (TPSA) is 32.3 Å². The molecule has 0 bridgehead atoms. The van der Waals surface area contributed by atoms with Crippen molar-refractivity contribution in [2.75, 3.05) is 5.32 Å². The van der Waals surface area contributed by atoms with E-state index in [0.717, 1.165) is 16.3 Å². The van der Waals surface area contributed by atoms with Gasteiger partial charge in [-0.15, -0.1) is 0 Å². The molecule has 3 rings (SSSR count). The smallest absolute Gasteiger partial charge is 0.147 e. The largest absolute Gasteiger partial charge is 0.508 e. The van der Waals surface area contributed by atoms with Gasteiger partial charge in [-0.1, -0.05) is 41.9 Å². The molecule has 0 unspecified atom stereocenters. The molecular weight excluding hydrogens is 289 g/mol. The van der Waals surface area contributed by atoms with Crippen LogP contribution in [-0.2, 0) is 6.54 Å². The second kappa shape index (κ2) is 5.62. The molecular formula is C17H13ClFNO. The van der Waals surface area contributed by atoms with E-state index in [9.17, 15) is 9.50 Å². The van der Waals surface area contributed by atoms with Crippen LogP contribution in [0.4, 0.5) is 10.1 Å². The molecule has 4 heteroatoms. The van der Waals surface area contributed by atoms with Gasteiger partial charge in [0, 0.05) is 17.1 Å². The van der Waals surface area contributed by atoms with E-state index in [-0.39, 0.29) is 5.75 Å². The van der Waals surface area contributed by atoms with Gasteiger partial charge in [-0.3, -0.25) is 0 Å². The van der Waals surface area contributed by atoms with E-state index in [4.69, 9.17) is 11.6 Å². The van der Waals surface area contributed by atoms with Crippen molar-refractivity contribution in [3.63, 3.8) is 0 Å². The molecule has 2 nitrogen and oxygen atoms in total. The molecule has 106 valence electrons. The molecule has 3 aromatic rings. The molecule has 0 radical (unpaired) electrons. The third kappa shape index (κ3) is 2.78. The minimum atomic E-state index is -0.415. The van der Waals surface area contributed by atoms with Crippen LogP contribution in [0, 0.1) is 5.82 Å². The molecule has 21 heavy (non-hydrogen) atoms. The lowest BCUT2D eigenvalue weighted by atomic mass is 10.0. The van der Waals surface area contributed by atoms with Crippen LogP contribution < -0.4 is 5.32 Å². The fraction of sp³-hybridized carbons (Fsp3) is 0.0588. The normalized spacial score (nSPS) is 10.8. The monoisotopic (exact) mass is 301 g/mol. The summed E-state index contributed by atoms with van der Waals surface area (Å²) in [4.78, 5) is 0. The summed E-state index contributed by atoms with van der Waals surface area (Å²) < 4.78 is 13.8. The zero-order chi connectivity index (χ0) is 14.8. The fourth-order valence-electron chi connectivity index (χ4n) is 2.33. The van der Waals surface area contributed by atoms with Crippen molar-refractivity contribution >= 4 is 28.1 Å². The molecule has 2 N–H and O–H groups in total. The van der Waals surface area contributed by atoms with Gasteiger partial charge in [0.25, 0.3) is 0 Å².